The Labute approximate surface area is 105 Å². The third-order valence-electron chi connectivity index (χ3n) is 2.41. The standard InChI is InChI=1S/C14H13FN2O/c1-10-2-6-12(7-3-10)16-14(18)17-13-8-4-11(15)5-9-13/h2-9H,1H3,(H2,16,17,18). The molecule has 18 heavy (non-hydrogen) atoms. The van der Waals surface area contributed by atoms with Gasteiger partial charge in [-0.15, -0.1) is 0 Å². The first kappa shape index (κ1) is 12.1. The first-order valence-electron chi connectivity index (χ1n) is 5.54. The fourth-order valence-electron chi connectivity index (χ4n) is 1.46. The van der Waals surface area contributed by atoms with Gasteiger partial charge in [0.25, 0.3) is 0 Å². The zero-order chi connectivity index (χ0) is 13.0. The van der Waals surface area contributed by atoms with Crippen molar-refractivity contribution in [3.05, 3.63) is 59.9 Å². The fourth-order valence-corrected chi connectivity index (χ4v) is 1.46. The van der Waals surface area contributed by atoms with Crippen molar-refractivity contribution in [2.24, 2.45) is 0 Å². The SMILES string of the molecule is Cc1ccc(NC(=O)Nc2ccc(F)cc2)cc1. The molecule has 0 radical (unpaired) electrons. The van der Waals surface area contributed by atoms with E-state index < -0.39 is 0 Å². The lowest BCUT2D eigenvalue weighted by molar-refractivity contribution is 0.262. The molecule has 0 fully saturated rings. The van der Waals surface area contributed by atoms with Crippen LogP contribution in [-0.2, 0) is 0 Å². The van der Waals surface area contributed by atoms with Gasteiger partial charge in [-0.25, -0.2) is 9.18 Å². The summed E-state index contributed by atoms with van der Waals surface area (Å²) >= 11 is 0. The van der Waals surface area contributed by atoms with E-state index in [0.29, 0.717) is 11.4 Å². The lowest BCUT2D eigenvalue weighted by atomic mass is 10.2. The molecule has 0 aliphatic carbocycles. The summed E-state index contributed by atoms with van der Waals surface area (Å²) < 4.78 is 12.7. The second kappa shape index (κ2) is 5.31. The molecule has 0 spiro atoms. The van der Waals surface area contributed by atoms with E-state index in [4.69, 9.17) is 0 Å². The number of carbonyl (C=O) groups is 1. The van der Waals surface area contributed by atoms with Gasteiger partial charge in [0, 0.05) is 11.4 Å². The highest BCUT2D eigenvalue weighted by Crippen LogP contribution is 2.11. The molecule has 0 heterocycles. The number of amides is 2. The Hall–Kier alpha value is -2.36. The van der Waals surface area contributed by atoms with Gasteiger partial charge in [0.05, 0.1) is 0 Å². The van der Waals surface area contributed by atoms with Crippen LogP contribution in [0.4, 0.5) is 20.6 Å². The summed E-state index contributed by atoms with van der Waals surface area (Å²) in [6, 6.07) is 12.7. The largest absolute Gasteiger partial charge is 0.323 e. The van der Waals surface area contributed by atoms with Gasteiger partial charge in [0.2, 0.25) is 0 Å². The van der Waals surface area contributed by atoms with Crippen LogP contribution in [0.5, 0.6) is 0 Å². The van der Waals surface area contributed by atoms with Crippen molar-refractivity contribution in [3.8, 4) is 0 Å². The zero-order valence-electron chi connectivity index (χ0n) is 9.91. The van der Waals surface area contributed by atoms with Gasteiger partial charge in [-0.1, -0.05) is 17.7 Å². The van der Waals surface area contributed by atoms with Crippen LogP contribution in [0.25, 0.3) is 0 Å². The van der Waals surface area contributed by atoms with Crippen molar-refractivity contribution >= 4 is 17.4 Å². The number of nitrogens with one attached hydrogen (secondary N) is 2. The molecule has 0 atom stereocenters. The molecule has 0 bridgehead atoms. The topological polar surface area (TPSA) is 41.1 Å². The van der Waals surface area contributed by atoms with E-state index in [0.717, 1.165) is 5.56 Å². The molecule has 0 aliphatic heterocycles. The number of rotatable bonds is 2. The summed E-state index contributed by atoms with van der Waals surface area (Å²) in [6.07, 6.45) is 0. The van der Waals surface area contributed by atoms with Crippen molar-refractivity contribution in [1.82, 2.24) is 0 Å². The van der Waals surface area contributed by atoms with E-state index in [9.17, 15) is 9.18 Å². The molecule has 0 saturated heterocycles. The fraction of sp³-hybridized carbons (Fsp3) is 0.0714. The molecule has 2 aromatic rings. The number of halogens is 1. The molecule has 2 rings (SSSR count). The maximum absolute atomic E-state index is 12.7. The molecular weight excluding hydrogens is 231 g/mol. The third kappa shape index (κ3) is 3.31. The van der Waals surface area contributed by atoms with Gasteiger partial charge in [0.1, 0.15) is 5.82 Å². The summed E-state index contributed by atoms with van der Waals surface area (Å²) in [5, 5.41) is 5.30. The van der Waals surface area contributed by atoms with E-state index >= 15 is 0 Å². The molecule has 2 N–H and O–H groups in total. The van der Waals surface area contributed by atoms with Gasteiger partial charge in [0.15, 0.2) is 0 Å². The summed E-state index contributed by atoms with van der Waals surface area (Å²) in [5.74, 6) is -0.334. The first-order chi connectivity index (χ1) is 8.63. The Bertz CT molecular complexity index is 485. The minimum absolute atomic E-state index is 0.334. The second-order valence-electron chi connectivity index (χ2n) is 3.95. The quantitative estimate of drug-likeness (QED) is 0.829. The highest BCUT2D eigenvalue weighted by atomic mass is 19.1. The van der Waals surface area contributed by atoms with Crippen molar-refractivity contribution in [3.63, 3.8) is 0 Å². The number of aryl methyl sites for hydroxylation is 1. The number of anilines is 2. The molecule has 92 valence electrons. The van der Waals surface area contributed by atoms with Crippen LogP contribution < -0.4 is 10.6 Å². The lowest BCUT2D eigenvalue weighted by Crippen LogP contribution is -2.19. The Morgan fingerprint density at radius 3 is 1.83 bits per heavy atom. The smallest absolute Gasteiger partial charge is 0.308 e. The van der Waals surface area contributed by atoms with Crippen molar-refractivity contribution in [1.29, 1.82) is 0 Å². The van der Waals surface area contributed by atoms with E-state index in [1.165, 1.54) is 24.3 Å². The predicted molar refractivity (Wildman–Crippen MR) is 70.2 cm³/mol. The maximum atomic E-state index is 12.7. The molecule has 4 heteroatoms. The Morgan fingerprint density at radius 1 is 0.889 bits per heavy atom. The highest BCUT2D eigenvalue weighted by molar-refractivity contribution is 5.99. The van der Waals surface area contributed by atoms with Gasteiger partial charge in [-0.3, -0.25) is 0 Å². The van der Waals surface area contributed by atoms with E-state index in [-0.39, 0.29) is 11.8 Å². The highest BCUT2D eigenvalue weighted by Gasteiger charge is 2.02. The van der Waals surface area contributed by atoms with Crippen LogP contribution in [0.3, 0.4) is 0 Å². The molecule has 0 aromatic heterocycles. The van der Waals surface area contributed by atoms with Crippen molar-refractivity contribution < 1.29 is 9.18 Å². The van der Waals surface area contributed by atoms with Crippen LogP contribution in [0.2, 0.25) is 0 Å². The molecule has 2 aromatic carbocycles. The van der Waals surface area contributed by atoms with Crippen LogP contribution in [0.1, 0.15) is 5.56 Å². The van der Waals surface area contributed by atoms with Gasteiger partial charge >= 0.3 is 6.03 Å². The van der Waals surface area contributed by atoms with Crippen LogP contribution in [-0.4, -0.2) is 6.03 Å². The Morgan fingerprint density at radius 2 is 1.33 bits per heavy atom. The van der Waals surface area contributed by atoms with Gasteiger partial charge < -0.3 is 10.6 Å². The van der Waals surface area contributed by atoms with Gasteiger partial charge in [-0.2, -0.15) is 0 Å². The van der Waals surface area contributed by atoms with Crippen LogP contribution in [0.15, 0.2) is 48.5 Å². The molecule has 2 amide bonds. The number of urea groups is 1. The summed E-state index contributed by atoms with van der Waals surface area (Å²) in [5.41, 5.74) is 2.38. The number of benzene rings is 2. The lowest BCUT2D eigenvalue weighted by Gasteiger charge is -2.07. The normalized spacial score (nSPS) is 9.89. The average molecular weight is 244 g/mol. The minimum atomic E-state index is -0.356. The summed E-state index contributed by atoms with van der Waals surface area (Å²) in [4.78, 5) is 11.6. The predicted octanol–water partition coefficient (Wildman–Crippen LogP) is 3.78. The van der Waals surface area contributed by atoms with Crippen molar-refractivity contribution in [2.45, 2.75) is 6.92 Å². The number of hydrogen-bond donors (Lipinski definition) is 2. The molecule has 0 aliphatic rings. The Balaban J connectivity index is 1.96. The number of carbonyl (C=O) groups excluding carboxylic acids is 1. The molecule has 0 saturated carbocycles. The minimum Gasteiger partial charge on any atom is -0.308 e. The van der Waals surface area contributed by atoms with Gasteiger partial charge in [-0.05, 0) is 43.3 Å². The monoisotopic (exact) mass is 244 g/mol. The summed E-state index contributed by atoms with van der Waals surface area (Å²) in [7, 11) is 0. The number of hydrogen-bond acceptors (Lipinski definition) is 1. The maximum Gasteiger partial charge on any atom is 0.323 e. The first-order valence-corrected chi connectivity index (χ1v) is 5.54. The van der Waals surface area contributed by atoms with Crippen LogP contribution >= 0.6 is 0 Å². The Kier molecular flexibility index (Phi) is 3.57. The molecule has 0 unspecified atom stereocenters. The van der Waals surface area contributed by atoms with E-state index in [1.807, 2.05) is 31.2 Å². The molecule has 3 nitrogen and oxygen atoms in total. The van der Waals surface area contributed by atoms with Crippen LogP contribution in [0, 0.1) is 12.7 Å². The van der Waals surface area contributed by atoms with Crippen molar-refractivity contribution in [2.75, 3.05) is 10.6 Å². The second-order valence-corrected chi connectivity index (χ2v) is 3.95. The zero-order valence-corrected chi connectivity index (χ0v) is 9.91. The summed E-state index contributed by atoms with van der Waals surface area (Å²) in [6.45, 7) is 1.97. The molecular formula is C14H13FN2O. The third-order valence-corrected chi connectivity index (χ3v) is 2.41. The van der Waals surface area contributed by atoms with E-state index in [2.05, 4.69) is 10.6 Å². The van der Waals surface area contributed by atoms with E-state index in [1.54, 1.807) is 0 Å². The average Bonchev–Trinajstić information content (AvgIpc) is 2.35.